The smallest absolute Gasteiger partial charge is 0.116 e. The maximum atomic E-state index is 7.96. The van der Waals surface area contributed by atoms with Crippen molar-refractivity contribution in [2.24, 2.45) is 10.3 Å². The van der Waals surface area contributed by atoms with Gasteiger partial charge in [-0.15, -0.1) is 11.6 Å². The van der Waals surface area contributed by atoms with Crippen LogP contribution < -0.4 is 0 Å². The Kier molecular flexibility index (Phi) is 3.97. The zero-order valence-corrected chi connectivity index (χ0v) is 4.71. The largest absolute Gasteiger partial charge is 0.411 e. The van der Waals surface area contributed by atoms with E-state index in [4.69, 9.17) is 22.0 Å². The molecule has 8 heavy (non-hydrogen) atoms. The van der Waals surface area contributed by atoms with Crippen LogP contribution in [0.2, 0.25) is 0 Å². The van der Waals surface area contributed by atoms with Gasteiger partial charge in [0, 0.05) is 0 Å². The summed E-state index contributed by atoms with van der Waals surface area (Å²) in [6.07, 6.45) is 0.951. The molecule has 0 aromatic carbocycles. The molecule has 5 heteroatoms. The van der Waals surface area contributed by atoms with Crippen LogP contribution in [0.3, 0.4) is 0 Å². The Morgan fingerprint density at radius 3 is 2.38 bits per heavy atom. The Labute approximate surface area is 51.1 Å². The van der Waals surface area contributed by atoms with Crippen molar-refractivity contribution >= 4 is 23.5 Å². The van der Waals surface area contributed by atoms with E-state index in [2.05, 4.69) is 10.3 Å². The zero-order valence-electron chi connectivity index (χ0n) is 3.95. The predicted octanol–water partition coefficient (Wildman–Crippen LogP) is 0.515. The average molecular weight is 137 g/mol. The molecule has 0 aromatic rings. The van der Waals surface area contributed by atoms with Gasteiger partial charge in [0.1, 0.15) is 5.71 Å². The number of rotatable bonds is 2. The van der Waals surface area contributed by atoms with Crippen molar-refractivity contribution in [2.75, 3.05) is 5.88 Å². The monoisotopic (exact) mass is 136 g/mol. The molecule has 0 spiro atoms. The fraction of sp³-hybridized carbons (Fsp3) is 0.333. The second kappa shape index (κ2) is 4.39. The maximum Gasteiger partial charge on any atom is 0.116 e. The number of hydrogen-bond acceptors (Lipinski definition) is 4. The molecule has 46 valence electrons. The van der Waals surface area contributed by atoms with Crippen molar-refractivity contribution < 1.29 is 10.4 Å². The molecule has 0 atom stereocenters. The van der Waals surface area contributed by atoms with Gasteiger partial charge in [0.2, 0.25) is 0 Å². The molecule has 0 fully saturated rings. The van der Waals surface area contributed by atoms with E-state index in [-0.39, 0.29) is 11.6 Å². The summed E-state index contributed by atoms with van der Waals surface area (Å²) in [5, 5.41) is 21.0. The summed E-state index contributed by atoms with van der Waals surface area (Å²) in [6.45, 7) is 0. The Balaban J connectivity index is 3.72. The quantitative estimate of drug-likeness (QED) is 0.252. The van der Waals surface area contributed by atoms with Crippen LogP contribution in [0.15, 0.2) is 10.3 Å². The summed E-state index contributed by atoms with van der Waals surface area (Å²) in [4.78, 5) is 0. The topological polar surface area (TPSA) is 65.2 Å². The lowest BCUT2D eigenvalue weighted by Gasteiger charge is -1.83. The molecule has 0 bridgehead atoms. The molecule has 0 saturated heterocycles. The van der Waals surface area contributed by atoms with Gasteiger partial charge in [-0.3, -0.25) is 0 Å². The van der Waals surface area contributed by atoms with Crippen LogP contribution in [0.1, 0.15) is 0 Å². The Morgan fingerprint density at radius 1 is 1.62 bits per heavy atom. The van der Waals surface area contributed by atoms with Crippen molar-refractivity contribution in [2.45, 2.75) is 0 Å². The highest BCUT2D eigenvalue weighted by molar-refractivity contribution is 6.43. The highest BCUT2D eigenvalue weighted by Gasteiger charge is 1.89. The third kappa shape index (κ3) is 2.41. The van der Waals surface area contributed by atoms with Gasteiger partial charge < -0.3 is 10.4 Å². The highest BCUT2D eigenvalue weighted by Crippen LogP contribution is 1.77. The van der Waals surface area contributed by atoms with Crippen LogP contribution in [0, 0.1) is 0 Å². The molecule has 2 N–H and O–H groups in total. The third-order valence-corrected chi connectivity index (χ3v) is 0.746. The molecular weight excluding hydrogens is 131 g/mol. The van der Waals surface area contributed by atoms with E-state index in [1.165, 1.54) is 0 Å². The number of alkyl halides is 1. The second-order valence-corrected chi connectivity index (χ2v) is 1.24. The first-order valence-corrected chi connectivity index (χ1v) is 2.33. The Morgan fingerprint density at radius 2 is 2.25 bits per heavy atom. The molecule has 0 aliphatic carbocycles. The predicted molar refractivity (Wildman–Crippen MR) is 30.2 cm³/mol. The molecule has 0 unspecified atom stereocenters. The van der Waals surface area contributed by atoms with Gasteiger partial charge in [-0.1, -0.05) is 10.3 Å². The third-order valence-electron chi connectivity index (χ3n) is 0.472. The summed E-state index contributed by atoms with van der Waals surface area (Å²) in [5.74, 6) is 0.0283. The molecule has 0 amide bonds. The first-order chi connectivity index (χ1) is 3.85. The normalized spacial score (nSPS) is 12.9. The van der Waals surface area contributed by atoms with Crippen molar-refractivity contribution in [3.05, 3.63) is 0 Å². The van der Waals surface area contributed by atoms with E-state index < -0.39 is 0 Å². The van der Waals surface area contributed by atoms with Gasteiger partial charge in [-0.25, -0.2) is 0 Å². The van der Waals surface area contributed by atoms with Gasteiger partial charge in [0.25, 0.3) is 0 Å². The van der Waals surface area contributed by atoms with Crippen LogP contribution in [-0.4, -0.2) is 28.2 Å². The minimum atomic E-state index is 0.0283. The maximum absolute atomic E-state index is 7.96. The van der Waals surface area contributed by atoms with Crippen molar-refractivity contribution in [3.63, 3.8) is 0 Å². The minimum absolute atomic E-state index is 0.0283. The zero-order chi connectivity index (χ0) is 6.41. The van der Waals surface area contributed by atoms with Crippen LogP contribution in [0.4, 0.5) is 0 Å². The first kappa shape index (κ1) is 7.23. The number of hydrogen-bond donors (Lipinski definition) is 2. The summed E-state index contributed by atoms with van der Waals surface area (Å²) < 4.78 is 0. The minimum Gasteiger partial charge on any atom is -0.411 e. The van der Waals surface area contributed by atoms with Crippen LogP contribution in [0.25, 0.3) is 0 Å². The van der Waals surface area contributed by atoms with Crippen LogP contribution in [-0.2, 0) is 0 Å². The molecular formula is C3H5ClN2O2. The van der Waals surface area contributed by atoms with E-state index in [1.807, 2.05) is 0 Å². The number of nitrogens with zero attached hydrogens (tertiary/aromatic N) is 2. The standard InChI is InChI=1S/C3H5ClN2O2/c4-1-3(6-8)2-5-7/h2,7-8H,1H2/b5-2+,6-3+. The molecule has 0 rings (SSSR count). The molecule has 0 aliphatic heterocycles. The highest BCUT2D eigenvalue weighted by atomic mass is 35.5. The summed E-state index contributed by atoms with van der Waals surface area (Å²) in [6, 6.07) is 0. The van der Waals surface area contributed by atoms with E-state index in [9.17, 15) is 0 Å². The SMILES string of the molecule is O/N=C(/C=N/O)CCl. The van der Waals surface area contributed by atoms with E-state index in [0.717, 1.165) is 6.21 Å². The summed E-state index contributed by atoms with van der Waals surface area (Å²) in [7, 11) is 0. The lowest BCUT2D eigenvalue weighted by atomic mass is 10.5. The lowest BCUT2D eigenvalue weighted by molar-refractivity contribution is 0.315. The molecule has 4 nitrogen and oxygen atoms in total. The Hall–Kier alpha value is -0.770. The van der Waals surface area contributed by atoms with Crippen LogP contribution >= 0.6 is 11.6 Å². The number of oxime groups is 2. The fourth-order valence-electron chi connectivity index (χ4n) is 0.154. The van der Waals surface area contributed by atoms with Gasteiger partial charge in [-0.2, -0.15) is 0 Å². The summed E-state index contributed by atoms with van der Waals surface area (Å²) >= 11 is 5.15. The molecule has 0 aliphatic rings. The van der Waals surface area contributed by atoms with Gasteiger partial charge in [0.05, 0.1) is 12.1 Å². The fourth-order valence-corrected chi connectivity index (χ4v) is 0.276. The van der Waals surface area contributed by atoms with Gasteiger partial charge >= 0.3 is 0 Å². The van der Waals surface area contributed by atoms with Crippen molar-refractivity contribution in [1.82, 2.24) is 0 Å². The van der Waals surface area contributed by atoms with Crippen molar-refractivity contribution in [1.29, 1.82) is 0 Å². The van der Waals surface area contributed by atoms with Crippen LogP contribution in [0.5, 0.6) is 0 Å². The van der Waals surface area contributed by atoms with Crippen molar-refractivity contribution in [3.8, 4) is 0 Å². The lowest BCUT2D eigenvalue weighted by Crippen LogP contribution is -2.00. The van der Waals surface area contributed by atoms with E-state index in [1.54, 1.807) is 0 Å². The Bertz CT molecular complexity index is 109. The number of halogens is 1. The van der Waals surface area contributed by atoms with E-state index >= 15 is 0 Å². The molecule has 0 heterocycles. The first-order valence-electron chi connectivity index (χ1n) is 1.79. The van der Waals surface area contributed by atoms with Gasteiger partial charge in [-0.05, 0) is 0 Å². The van der Waals surface area contributed by atoms with E-state index in [0.29, 0.717) is 0 Å². The molecule has 0 radical (unpaired) electrons. The summed E-state index contributed by atoms with van der Waals surface area (Å²) in [5.41, 5.74) is 0.120. The molecule has 0 saturated carbocycles. The molecule has 0 aromatic heterocycles. The van der Waals surface area contributed by atoms with Gasteiger partial charge in [0.15, 0.2) is 0 Å². The average Bonchev–Trinajstić information content (AvgIpc) is 1.83. The second-order valence-electron chi connectivity index (χ2n) is 0.970.